The fourth-order valence-electron chi connectivity index (χ4n) is 2.58. The number of halogens is 1. The number of amides is 1. The van der Waals surface area contributed by atoms with Crippen LogP contribution < -0.4 is 14.8 Å². The van der Waals surface area contributed by atoms with E-state index in [0.29, 0.717) is 23.1 Å². The summed E-state index contributed by atoms with van der Waals surface area (Å²) in [5, 5.41) is 3.38. The predicted molar refractivity (Wildman–Crippen MR) is 90.6 cm³/mol. The molecule has 1 N–H and O–H groups in total. The van der Waals surface area contributed by atoms with Crippen LogP contribution in [-0.2, 0) is 9.53 Å². The lowest BCUT2D eigenvalue weighted by atomic mass is 10.0. The molecule has 0 spiro atoms. The molecule has 1 heterocycles. The van der Waals surface area contributed by atoms with Crippen molar-refractivity contribution in [2.24, 2.45) is 0 Å². The Morgan fingerprint density at radius 3 is 2.67 bits per heavy atom. The van der Waals surface area contributed by atoms with Crippen molar-refractivity contribution in [1.82, 2.24) is 5.32 Å². The first kappa shape index (κ1) is 16.6. The molecule has 1 unspecified atom stereocenters. The van der Waals surface area contributed by atoms with E-state index in [1.807, 2.05) is 30.3 Å². The number of ether oxygens (including phenoxy) is 3. The van der Waals surface area contributed by atoms with Crippen molar-refractivity contribution in [3.63, 3.8) is 0 Å². The second-order valence-corrected chi connectivity index (χ2v) is 5.83. The summed E-state index contributed by atoms with van der Waals surface area (Å²) in [6.45, 7) is 0.406. The van der Waals surface area contributed by atoms with Crippen LogP contribution in [0.2, 0.25) is 5.02 Å². The van der Waals surface area contributed by atoms with Crippen LogP contribution in [0.5, 0.6) is 11.5 Å². The average Bonchev–Trinajstić information content (AvgIpc) is 2.62. The van der Waals surface area contributed by atoms with Gasteiger partial charge in [0.25, 0.3) is 0 Å². The zero-order valence-corrected chi connectivity index (χ0v) is 14.0. The minimum Gasteiger partial charge on any atom is -0.493 e. The molecule has 3 rings (SSSR count). The molecule has 2 atom stereocenters. The number of hydrogen-bond acceptors (Lipinski definition) is 4. The van der Waals surface area contributed by atoms with Crippen LogP contribution in [-0.4, -0.2) is 32.3 Å². The number of hydrogen-bond donors (Lipinski definition) is 1. The second-order valence-electron chi connectivity index (χ2n) is 5.40. The van der Waals surface area contributed by atoms with Crippen molar-refractivity contribution in [1.29, 1.82) is 0 Å². The molecular weight excluding hydrogens is 330 g/mol. The number of morpholine rings is 1. The van der Waals surface area contributed by atoms with Gasteiger partial charge >= 0.3 is 0 Å². The van der Waals surface area contributed by atoms with Crippen LogP contribution in [0.1, 0.15) is 11.7 Å². The normalized spacial score (nSPS) is 18.6. The van der Waals surface area contributed by atoms with Gasteiger partial charge < -0.3 is 19.5 Å². The highest BCUT2D eigenvalue weighted by molar-refractivity contribution is 6.30. The third-order valence-corrected chi connectivity index (χ3v) is 4.01. The number of nitrogens with one attached hydrogen (secondary N) is 1. The summed E-state index contributed by atoms with van der Waals surface area (Å²) in [5.41, 5.74) is 0.954. The van der Waals surface area contributed by atoms with Gasteiger partial charge in [0.2, 0.25) is 5.91 Å². The smallest absolute Gasteiger partial charge is 0.246 e. The van der Waals surface area contributed by atoms with E-state index < -0.39 is 0 Å². The Labute approximate surface area is 145 Å². The Bertz CT molecular complexity index is 697. The number of methoxy groups -OCH3 is 1. The Balaban J connectivity index is 1.89. The molecule has 5 nitrogen and oxygen atoms in total. The molecule has 1 aliphatic heterocycles. The van der Waals surface area contributed by atoms with Crippen molar-refractivity contribution in [3.05, 3.63) is 59.1 Å². The Morgan fingerprint density at radius 1 is 1.21 bits per heavy atom. The SMILES string of the molecule is COc1cc(Cl)ccc1O[C@H](c1ccccc1)C1CNC(=O)CO1. The van der Waals surface area contributed by atoms with Crippen LogP contribution in [0, 0.1) is 0 Å². The molecule has 0 radical (unpaired) electrons. The van der Waals surface area contributed by atoms with E-state index in [1.165, 1.54) is 0 Å². The molecule has 0 saturated carbocycles. The fourth-order valence-corrected chi connectivity index (χ4v) is 2.74. The molecule has 6 heteroatoms. The maximum atomic E-state index is 11.4. The number of rotatable bonds is 5. The summed E-state index contributed by atoms with van der Waals surface area (Å²) in [6, 6.07) is 14.9. The second kappa shape index (κ2) is 7.55. The molecule has 1 saturated heterocycles. The molecule has 24 heavy (non-hydrogen) atoms. The molecule has 2 aromatic carbocycles. The summed E-state index contributed by atoms with van der Waals surface area (Å²) in [4.78, 5) is 11.4. The Morgan fingerprint density at radius 2 is 2.00 bits per heavy atom. The van der Waals surface area contributed by atoms with Crippen LogP contribution in [0.3, 0.4) is 0 Å². The topological polar surface area (TPSA) is 56.8 Å². The van der Waals surface area contributed by atoms with E-state index in [4.69, 9.17) is 25.8 Å². The summed E-state index contributed by atoms with van der Waals surface area (Å²) < 4.78 is 17.2. The molecule has 0 aromatic heterocycles. The Kier molecular flexibility index (Phi) is 5.23. The van der Waals surface area contributed by atoms with Gasteiger partial charge in [-0.1, -0.05) is 41.9 Å². The number of carbonyl (C=O) groups excluding carboxylic acids is 1. The minimum absolute atomic E-state index is 0.0229. The first-order chi connectivity index (χ1) is 11.7. The van der Waals surface area contributed by atoms with E-state index in [-0.39, 0.29) is 24.7 Å². The monoisotopic (exact) mass is 347 g/mol. The van der Waals surface area contributed by atoms with Gasteiger partial charge in [0, 0.05) is 17.6 Å². The molecule has 0 bridgehead atoms. The summed E-state index contributed by atoms with van der Waals surface area (Å²) >= 11 is 6.01. The van der Waals surface area contributed by atoms with E-state index in [1.54, 1.807) is 25.3 Å². The molecule has 126 valence electrons. The minimum atomic E-state index is -0.387. The molecular formula is C18H18ClNO4. The standard InChI is InChI=1S/C18H18ClNO4/c1-22-15-9-13(19)7-8-14(15)24-18(12-5-3-2-4-6-12)16-10-20-17(21)11-23-16/h2-9,16,18H,10-11H2,1H3,(H,20,21)/t16?,18-/m1/s1. The van der Waals surface area contributed by atoms with E-state index in [0.717, 1.165) is 5.56 Å². The van der Waals surface area contributed by atoms with Gasteiger partial charge in [-0.25, -0.2) is 0 Å². The summed E-state index contributed by atoms with van der Waals surface area (Å²) in [7, 11) is 1.56. The number of benzene rings is 2. The summed E-state index contributed by atoms with van der Waals surface area (Å²) in [6.07, 6.45) is -0.688. The van der Waals surface area contributed by atoms with Crippen molar-refractivity contribution in [2.75, 3.05) is 20.3 Å². The highest BCUT2D eigenvalue weighted by atomic mass is 35.5. The van der Waals surface area contributed by atoms with Crippen LogP contribution in [0.4, 0.5) is 0 Å². The van der Waals surface area contributed by atoms with Gasteiger partial charge in [0.1, 0.15) is 12.7 Å². The predicted octanol–water partition coefficient (Wildman–Crippen LogP) is 2.98. The Hall–Kier alpha value is -2.24. The molecule has 0 aliphatic carbocycles. The maximum absolute atomic E-state index is 11.4. The molecule has 1 amide bonds. The van der Waals surface area contributed by atoms with Crippen LogP contribution in [0.25, 0.3) is 0 Å². The lowest BCUT2D eigenvalue weighted by molar-refractivity contribution is -0.137. The summed E-state index contributed by atoms with van der Waals surface area (Å²) in [5.74, 6) is 0.988. The average molecular weight is 348 g/mol. The van der Waals surface area contributed by atoms with Crippen molar-refractivity contribution < 1.29 is 19.0 Å². The van der Waals surface area contributed by atoms with Crippen molar-refractivity contribution >= 4 is 17.5 Å². The first-order valence-electron chi connectivity index (χ1n) is 7.61. The lowest BCUT2D eigenvalue weighted by Crippen LogP contribution is -2.46. The first-order valence-corrected chi connectivity index (χ1v) is 7.98. The zero-order chi connectivity index (χ0) is 16.9. The lowest BCUT2D eigenvalue weighted by Gasteiger charge is -2.31. The van der Waals surface area contributed by atoms with Gasteiger partial charge in [0.05, 0.1) is 7.11 Å². The third-order valence-electron chi connectivity index (χ3n) is 3.77. The van der Waals surface area contributed by atoms with E-state index >= 15 is 0 Å². The third kappa shape index (κ3) is 3.80. The fraction of sp³-hybridized carbons (Fsp3) is 0.278. The van der Waals surface area contributed by atoms with Gasteiger partial charge in [-0.05, 0) is 17.7 Å². The molecule has 1 fully saturated rings. The van der Waals surface area contributed by atoms with Gasteiger partial charge in [0.15, 0.2) is 17.6 Å². The zero-order valence-electron chi connectivity index (χ0n) is 13.2. The maximum Gasteiger partial charge on any atom is 0.246 e. The number of carbonyl (C=O) groups is 1. The van der Waals surface area contributed by atoms with Gasteiger partial charge in [-0.15, -0.1) is 0 Å². The largest absolute Gasteiger partial charge is 0.493 e. The van der Waals surface area contributed by atoms with Gasteiger partial charge in [-0.2, -0.15) is 0 Å². The highest BCUT2D eigenvalue weighted by Crippen LogP contribution is 2.35. The van der Waals surface area contributed by atoms with E-state index in [9.17, 15) is 4.79 Å². The van der Waals surface area contributed by atoms with E-state index in [2.05, 4.69) is 5.32 Å². The van der Waals surface area contributed by atoms with Gasteiger partial charge in [-0.3, -0.25) is 4.79 Å². The quantitative estimate of drug-likeness (QED) is 0.903. The van der Waals surface area contributed by atoms with Crippen LogP contribution >= 0.6 is 11.6 Å². The van der Waals surface area contributed by atoms with Crippen LogP contribution in [0.15, 0.2) is 48.5 Å². The van der Waals surface area contributed by atoms with Crippen molar-refractivity contribution in [3.8, 4) is 11.5 Å². The van der Waals surface area contributed by atoms with Crippen molar-refractivity contribution in [2.45, 2.75) is 12.2 Å². The highest BCUT2D eigenvalue weighted by Gasteiger charge is 2.30. The molecule has 1 aliphatic rings. The molecule has 2 aromatic rings.